The van der Waals surface area contributed by atoms with E-state index in [1.165, 1.54) is 6.42 Å². The van der Waals surface area contributed by atoms with Gasteiger partial charge in [-0.1, -0.05) is 13.3 Å². The summed E-state index contributed by atoms with van der Waals surface area (Å²) in [5.41, 5.74) is 0.981. The summed E-state index contributed by atoms with van der Waals surface area (Å²) in [6.45, 7) is 3.07. The van der Waals surface area contributed by atoms with Crippen LogP contribution >= 0.6 is 15.9 Å². The van der Waals surface area contributed by atoms with E-state index >= 15 is 0 Å². The molecule has 2 rings (SSSR count). The van der Waals surface area contributed by atoms with Crippen LogP contribution in [0.25, 0.3) is 0 Å². The topological polar surface area (TPSA) is 27.0 Å². The minimum Gasteiger partial charge on any atom is -0.366 e. The van der Waals surface area contributed by atoms with Crippen LogP contribution < -0.4 is 4.90 Å². The van der Waals surface area contributed by atoms with E-state index in [2.05, 4.69) is 27.8 Å². The molecule has 19 heavy (non-hydrogen) atoms. The first-order chi connectivity index (χ1) is 9.19. The summed E-state index contributed by atoms with van der Waals surface area (Å²) < 4.78 is 14.7. The third-order valence-electron chi connectivity index (χ3n) is 3.74. The van der Waals surface area contributed by atoms with Gasteiger partial charge in [0.05, 0.1) is 15.7 Å². The smallest absolute Gasteiger partial charge is 0.161 e. The van der Waals surface area contributed by atoms with Gasteiger partial charge in [0.25, 0.3) is 0 Å². The number of halogens is 2. The van der Waals surface area contributed by atoms with Gasteiger partial charge in [0.1, 0.15) is 6.07 Å². The summed E-state index contributed by atoms with van der Waals surface area (Å²) in [5, 5.41) is 8.92. The van der Waals surface area contributed by atoms with Gasteiger partial charge in [-0.15, -0.1) is 0 Å². The van der Waals surface area contributed by atoms with Gasteiger partial charge < -0.3 is 4.90 Å². The van der Waals surface area contributed by atoms with E-state index in [1.807, 2.05) is 6.07 Å². The summed E-state index contributed by atoms with van der Waals surface area (Å²) in [7, 11) is 0. The van der Waals surface area contributed by atoms with Gasteiger partial charge in [0.2, 0.25) is 0 Å². The van der Waals surface area contributed by atoms with E-state index in [-0.39, 0.29) is 10.3 Å². The van der Waals surface area contributed by atoms with Crippen molar-refractivity contribution in [1.82, 2.24) is 0 Å². The van der Waals surface area contributed by atoms with Gasteiger partial charge >= 0.3 is 0 Å². The van der Waals surface area contributed by atoms with Crippen molar-refractivity contribution in [2.45, 2.75) is 45.1 Å². The fourth-order valence-electron chi connectivity index (χ4n) is 2.80. The number of anilines is 1. The van der Waals surface area contributed by atoms with Crippen molar-refractivity contribution >= 4 is 21.6 Å². The monoisotopic (exact) mass is 324 g/mol. The zero-order valence-corrected chi connectivity index (χ0v) is 12.7. The lowest BCUT2D eigenvalue weighted by Gasteiger charge is -2.38. The Morgan fingerprint density at radius 3 is 2.95 bits per heavy atom. The molecule has 0 radical (unpaired) electrons. The Labute approximate surface area is 122 Å². The lowest BCUT2D eigenvalue weighted by atomic mass is 9.97. The minimum absolute atomic E-state index is 0.285. The third kappa shape index (κ3) is 2.92. The molecule has 1 atom stereocenters. The van der Waals surface area contributed by atoms with Crippen LogP contribution in [0, 0.1) is 17.1 Å². The fourth-order valence-corrected chi connectivity index (χ4v) is 3.22. The second-order valence-corrected chi connectivity index (χ2v) is 5.80. The molecule has 0 amide bonds. The summed E-state index contributed by atoms with van der Waals surface area (Å²) in [6.07, 6.45) is 5.67. The fraction of sp³-hybridized carbons (Fsp3) is 0.533. The predicted molar refractivity (Wildman–Crippen MR) is 78.7 cm³/mol. The molecule has 0 bridgehead atoms. The molecule has 4 heteroatoms. The highest BCUT2D eigenvalue weighted by Gasteiger charge is 2.25. The number of hydrogen-bond acceptors (Lipinski definition) is 2. The molecule has 1 aliphatic heterocycles. The van der Waals surface area contributed by atoms with E-state index in [9.17, 15) is 4.39 Å². The SMILES string of the molecule is CCCC1CCCCN1c1ccc(C#N)c(Br)c1F. The molecule has 1 aromatic rings. The van der Waals surface area contributed by atoms with Crippen molar-refractivity contribution in [1.29, 1.82) is 5.26 Å². The molecule has 1 aromatic carbocycles. The molecule has 1 saturated heterocycles. The largest absolute Gasteiger partial charge is 0.366 e. The number of nitriles is 1. The van der Waals surface area contributed by atoms with Crippen molar-refractivity contribution in [2.24, 2.45) is 0 Å². The van der Waals surface area contributed by atoms with Gasteiger partial charge in [-0.05, 0) is 53.7 Å². The highest BCUT2D eigenvalue weighted by molar-refractivity contribution is 9.10. The second kappa shape index (κ2) is 6.38. The molecule has 0 N–H and O–H groups in total. The van der Waals surface area contributed by atoms with E-state index in [1.54, 1.807) is 12.1 Å². The molecule has 0 aromatic heterocycles. The lowest BCUT2D eigenvalue weighted by Crippen LogP contribution is -2.40. The molecule has 1 aliphatic rings. The van der Waals surface area contributed by atoms with Crippen LogP contribution in [0.1, 0.15) is 44.6 Å². The van der Waals surface area contributed by atoms with Gasteiger partial charge in [0, 0.05) is 12.6 Å². The molecular weight excluding hydrogens is 307 g/mol. The Hall–Kier alpha value is -1.08. The maximum Gasteiger partial charge on any atom is 0.161 e. The number of hydrogen-bond donors (Lipinski definition) is 0. The van der Waals surface area contributed by atoms with Gasteiger partial charge in [-0.3, -0.25) is 0 Å². The van der Waals surface area contributed by atoms with Crippen molar-refractivity contribution in [3.63, 3.8) is 0 Å². The highest BCUT2D eigenvalue weighted by Crippen LogP contribution is 2.33. The van der Waals surface area contributed by atoms with E-state index in [0.717, 1.165) is 32.2 Å². The predicted octanol–water partition coefficient (Wildman–Crippen LogP) is 4.62. The van der Waals surface area contributed by atoms with Crippen LogP contribution in [-0.4, -0.2) is 12.6 Å². The molecule has 0 saturated carbocycles. The molecule has 1 fully saturated rings. The number of rotatable bonds is 3. The zero-order valence-electron chi connectivity index (χ0n) is 11.1. The molecule has 2 nitrogen and oxygen atoms in total. The van der Waals surface area contributed by atoms with E-state index in [0.29, 0.717) is 17.3 Å². The van der Waals surface area contributed by atoms with Crippen molar-refractivity contribution in [2.75, 3.05) is 11.4 Å². The van der Waals surface area contributed by atoms with Crippen molar-refractivity contribution in [3.05, 3.63) is 28.0 Å². The standard InChI is InChI=1S/C15H18BrFN2/c1-2-5-12-6-3-4-9-19(12)13-8-7-11(10-18)14(16)15(13)17/h7-8,12H,2-6,9H2,1H3. The zero-order chi connectivity index (χ0) is 13.8. The van der Waals surface area contributed by atoms with Crippen LogP contribution in [0.2, 0.25) is 0 Å². The van der Waals surface area contributed by atoms with Gasteiger partial charge in [-0.2, -0.15) is 5.26 Å². The summed E-state index contributed by atoms with van der Waals surface area (Å²) in [4.78, 5) is 2.17. The number of benzene rings is 1. The molecule has 1 unspecified atom stereocenters. The lowest BCUT2D eigenvalue weighted by molar-refractivity contribution is 0.428. The number of nitrogens with zero attached hydrogens (tertiary/aromatic N) is 2. The average Bonchev–Trinajstić information content (AvgIpc) is 2.43. The van der Waals surface area contributed by atoms with Crippen molar-refractivity contribution < 1.29 is 4.39 Å². The van der Waals surface area contributed by atoms with Crippen LogP contribution in [0.15, 0.2) is 16.6 Å². The third-order valence-corrected chi connectivity index (χ3v) is 4.52. The maximum atomic E-state index is 14.4. The Morgan fingerprint density at radius 2 is 2.26 bits per heavy atom. The Kier molecular flexibility index (Phi) is 4.81. The maximum absolute atomic E-state index is 14.4. The van der Waals surface area contributed by atoms with Crippen LogP contribution in [0.3, 0.4) is 0 Å². The molecule has 0 aliphatic carbocycles. The summed E-state index contributed by atoms with van der Waals surface area (Å²) in [5.74, 6) is -0.304. The Balaban J connectivity index is 2.34. The second-order valence-electron chi connectivity index (χ2n) is 5.00. The summed E-state index contributed by atoms with van der Waals surface area (Å²) >= 11 is 3.19. The molecule has 1 heterocycles. The molecule has 0 spiro atoms. The van der Waals surface area contributed by atoms with Crippen LogP contribution in [-0.2, 0) is 0 Å². The van der Waals surface area contributed by atoms with E-state index < -0.39 is 0 Å². The Morgan fingerprint density at radius 1 is 1.47 bits per heavy atom. The average molecular weight is 325 g/mol. The van der Waals surface area contributed by atoms with E-state index in [4.69, 9.17) is 5.26 Å². The number of piperidine rings is 1. The molecule has 102 valence electrons. The molecular formula is C15H18BrFN2. The highest BCUT2D eigenvalue weighted by atomic mass is 79.9. The minimum atomic E-state index is -0.304. The van der Waals surface area contributed by atoms with Gasteiger partial charge in [-0.25, -0.2) is 4.39 Å². The quantitative estimate of drug-likeness (QED) is 0.811. The normalized spacial score (nSPS) is 19.3. The first kappa shape index (κ1) is 14.3. The van der Waals surface area contributed by atoms with Gasteiger partial charge in [0.15, 0.2) is 5.82 Å². The Bertz CT molecular complexity index is 494. The van der Waals surface area contributed by atoms with Crippen LogP contribution in [0.5, 0.6) is 0 Å². The summed E-state index contributed by atoms with van der Waals surface area (Å²) in [6, 6.07) is 5.86. The first-order valence-corrected chi connectivity index (χ1v) is 7.63. The van der Waals surface area contributed by atoms with Crippen LogP contribution in [0.4, 0.5) is 10.1 Å². The van der Waals surface area contributed by atoms with Crippen molar-refractivity contribution in [3.8, 4) is 6.07 Å². The first-order valence-electron chi connectivity index (χ1n) is 6.83.